The van der Waals surface area contributed by atoms with Crippen molar-refractivity contribution in [2.45, 2.75) is 172 Å². The number of rotatable bonds is 22. The van der Waals surface area contributed by atoms with E-state index in [1.54, 1.807) is 88.4 Å². The minimum atomic E-state index is -2.29. The Morgan fingerprint density at radius 2 is 1.19 bits per heavy atom. The molecule has 0 aliphatic carbocycles. The summed E-state index contributed by atoms with van der Waals surface area (Å²) in [5.41, 5.74) is 24.0. The van der Waals surface area contributed by atoms with E-state index in [2.05, 4.69) is 63.5 Å². The predicted molar refractivity (Wildman–Crippen MR) is 330 cm³/mol. The normalized spacial score (nSPS) is 23.7. The summed E-state index contributed by atoms with van der Waals surface area (Å²) in [6.45, 7) is 7.70. The van der Waals surface area contributed by atoms with Crippen molar-refractivity contribution in [3.05, 3.63) is 71.8 Å². The molecule has 504 valence electrons. The molecule has 2 aromatic carbocycles. The summed E-state index contributed by atoms with van der Waals surface area (Å²) >= 11 is 0. The molecule has 0 bridgehead atoms. The van der Waals surface area contributed by atoms with Crippen molar-refractivity contribution in [3.63, 3.8) is 0 Å². The molecule has 1 saturated heterocycles. The summed E-state index contributed by atoms with van der Waals surface area (Å²) in [6, 6.07) is 0.380. The zero-order chi connectivity index (χ0) is 68.2. The van der Waals surface area contributed by atoms with Crippen LogP contribution in [0.2, 0.25) is 0 Å². The number of carbonyl (C=O) groups excluding carboxylic acids is 12. The van der Waals surface area contributed by atoms with E-state index in [-0.39, 0.29) is 56.9 Å². The second kappa shape index (κ2) is 38.0. The van der Waals surface area contributed by atoms with E-state index < -0.39 is 188 Å². The molecule has 32 heteroatoms. The van der Waals surface area contributed by atoms with Gasteiger partial charge in [-0.3, -0.25) is 62.5 Å². The van der Waals surface area contributed by atoms with Gasteiger partial charge in [-0.15, -0.1) is 0 Å². The summed E-state index contributed by atoms with van der Waals surface area (Å²) in [5.74, 6) is -15.5. The lowest BCUT2D eigenvalue weighted by Gasteiger charge is -2.31. The van der Waals surface area contributed by atoms with Gasteiger partial charge in [0.25, 0.3) is 0 Å². The number of carbonyl (C=O) groups is 12. The minimum Gasteiger partial charge on any atom is -0.394 e. The number of nitrogens with one attached hydrogen (secondary N) is 11. The molecule has 91 heavy (non-hydrogen) atoms. The fourth-order valence-electron chi connectivity index (χ4n) is 9.29. The number of nitrogens with two attached hydrogens (primary N) is 4. The minimum absolute atomic E-state index is 0.0408. The van der Waals surface area contributed by atoms with Crippen LogP contribution in [0.3, 0.4) is 0 Å². The van der Waals surface area contributed by atoms with E-state index in [1.807, 2.05) is 0 Å². The maximum Gasteiger partial charge on any atom is 0.248 e. The van der Waals surface area contributed by atoms with Crippen LogP contribution in [-0.4, -0.2) is 202 Å². The van der Waals surface area contributed by atoms with E-state index in [1.165, 1.54) is 13.8 Å². The van der Waals surface area contributed by atoms with Gasteiger partial charge < -0.3 is 102 Å². The highest BCUT2D eigenvalue weighted by Gasteiger charge is 2.40. The molecule has 1 aliphatic rings. The third-order valence-electron chi connectivity index (χ3n) is 14.7. The summed E-state index contributed by atoms with van der Waals surface area (Å²) in [7, 11) is 0. The molecule has 1 fully saturated rings. The number of primary amides is 1. The van der Waals surface area contributed by atoms with Gasteiger partial charge in [-0.25, -0.2) is 0 Å². The molecule has 1 aliphatic heterocycles. The molecule has 32 nitrogen and oxygen atoms in total. The Morgan fingerprint density at radius 1 is 0.626 bits per heavy atom. The first kappa shape index (κ1) is 76.4. The maximum atomic E-state index is 14.8. The van der Waals surface area contributed by atoms with Crippen LogP contribution in [0.4, 0.5) is 0 Å². The number of amides is 12. The number of hydrogen-bond acceptors (Lipinski definition) is 18. The predicted octanol–water partition coefficient (Wildman–Crippen LogP) is -6.82. The van der Waals surface area contributed by atoms with E-state index in [4.69, 9.17) is 22.9 Å². The zero-order valence-electron chi connectivity index (χ0n) is 52.2. The van der Waals surface area contributed by atoms with Crippen LogP contribution in [0.25, 0.3) is 0 Å². The van der Waals surface area contributed by atoms with Gasteiger partial charge in [0.15, 0.2) is 12.1 Å². The van der Waals surface area contributed by atoms with Gasteiger partial charge in [0.1, 0.15) is 48.3 Å². The van der Waals surface area contributed by atoms with Gasteiger partial charge >= 0.3 is 0 Å². The molecule has 2 aromatic rings. The lowest BCUT2D eigenvalue weighted by atomic mass is 9.96. The largest absolute Gasteiger partial charge is 0.394 e. The molecule has 0 spiro atoms. The summed E-state index contributed by atoms with van der Waals surface area (Å²) in [5, 5.41) is 70.1. The Kier molecular flexibility index (Phi) is 31.9. The Morgan fingerprint density at radius 3 is 1.74 bits per heavy atom. The summed E-state index contributed by atoms with van der Waals surface area (Å²) in [6.07, 6.45) is -6.88. The number of benzene rings is 2. The van der Waals surface area contributed by atoms with Crippen molar-refractivity contribution >= 4 is 76.8 Å². The SMILES string of the molecule is CC[C@H](C)[C@@H]1NC(=O)[C@@H](CCCN=C(N)N)NC(=O)[C@H](CC(C)C)NC(=O)[C@H](C(O)C(C)C)NC(=O)[C@@H](NC(=O)[C@H](Cc2ccccc2)NC(=O)[C@H](N)Cc2ccccc2)CNC(=O)C(CO)NC(=O)C[C@H]([C@H](O)C(N)=O)NC(=O)CNC(=O)C([C@H](C)O)NC1=O. The van der Waals surface area contributed by atoms with Gasteiger partial charge in [-0.2, -0.15) is 0 Å². The average Bonchev–Trinajstić information content (AvgIpc) is 3.18. The quantitative estimate of drug-likeness (QED) is 0.0296. The third-order valence-corrected chi connectivity index (χ3v) is 14.7. The Hall–Kier alpha value is -8.85. The fraction of sp³-hybridized carbons (Fsp3) is 0.576. The van der Waals surface area contributed by atoms with Crippen LogP contribution in [-0.2, 0) is 70.4 Å². The first-order valence-electron chi connectivity index (χ1n) is 30.0. The van der Waals surface area contributed by atoms with Crippen molar-refractivity contribution < 1.29 is 78.0 Å². The van der Waals surface area contributed by atoms with Crippen LogP contribution in [0.1, 0.15) is 91.7 Å². The molecule has 1 heterocycles. The Bertz CT molecular complexity index is 2830. The second-order valence-electron chi connectivity index (χ2n) is 23.1. The van der Waals surface area contributed by atoms with E-state index in [0.717, 1.165) is 6.92 Å². The van der Waals surface area contributed by atoms with Crippen LogP contribution >= 0.6 is 0 Å². The first-order chi connectivity index (χ1) is 42.9. The van der Waals surface area contributed by atoms with Gasteiger partial charge in [-0.05, 0) is 61.5 Å². The van der Waals surface area contributed by atoms with Gasteiger partial charge in [-0.1, -0.05) is 109 Å². The van der Waals surface area contributed by atoms with E-state index in [9.17, 15) is 78.0 Å². The molecule has 3 rings (SSSR count). The monoisotopic (exact) mass is 1280 g/mol. The molecule has 23 N–H and O–H groups in total. The van der Waals surface area contributed by atoms with Gasteiger partial charge in [0.05, 0.1) is 37.4 Å². The van der Waals surface area contributed by atoms with E-state index >= 15 is 0 Å². The maximum absolute atomic E-state index is 14.8. The molecule has 0 aromatic heterocycles. The van der Waals surface area contributed by atoms with Crippen molar-refractivity contribution in [3.8, 4) is 0 Å². The summed E-state index contributed by atoms with van der Waals surface area (Å²) in [4.78, 5) is 172. The lowest BCUT2D eigenvalue weighted by Crippen LogP contribution is -2.64. The number of aliphatic hydroxyl groups excluding tert-OH is 4. The van der Waals surface area contributed by atoms with Gasteiger partial charge in [0, 0.05) is 25.9 Å². The van der Waals surface area contributed by atoms with Crippen molar-refractivity contribution in [1.82, 2.24) is 58.5 Å². The van der Waals surface area contributed by atoms with Gasteiger partial charge in [0.2, 0.25) is 70.9 Å². The lowest BCUT2D eigenvalue weighted by molar-refractivity contribution is -0.138. The first-order valence-corrected chi connectivity index (χ1v) is 30.0. The second-order valence-corrected chi connectivity index (χ2v) is 23.1. The number of guanidine groups is 1. The van der Waals surface area contributed by atoms with Crippen molar-refractivity contribution in [2.24, 2.45) is 45.7 Å². The molecular weight excluding hydrogens is 1190 g/mol. The topological polar surface area (TPSA) is 535 Å². The van der Waals surface area contributed by atoms with Crippen LogP contribution < -0.4 is 81.4 Å². The molecule has 0 radical (unpaired) electrons. The Balaban J connectivity index is 2.26. The summed E-state index contributed by atoms with van der Waals surface area (Å²) < 4.78 is 0. The highest BCUT2D eigenvalue weighted by atomic mass is 16.3. The number of aliphatic imine (C=N–C) groups is 1. The highest BCUT2D eigenvalue weighted by molar-refractivity contribution is 5.99. The van der Waals surface area contributed by atoms with Crippen molar-refractivity contribution in [1.29, 1.82) is 0 Å². The number of aliphatic hydroxyl groups is 4. The average molecular weight is 1280 g/mol. The molecule has 3 unspecified atom stereocenters. The Labute approximate surface area is 527 Å². The number of hydrogen-bond donors (Lipinski definition) is 19. The van der Waals surface area contributed by atoms with E-state index in [0.29, 0.717) is 11.1 Å². The van der Waals surface area contributed by atoms with Crippen LogP contribution in [0.5, 0.6) is 0 Å². The van der Waals surface area contributed by atoms with Crippen LogP contribution in [0.15, 0.2) is 65.7 Å². The molecular formula is C59H92N16O16. The molecule has 14 atom stereocenters. The molecule has 0 saturated carbocycles. The third kappa shape index (κ3) is 25.9. The fourth-order valence-corrected chi connectivity index (χ4v) is 9.29. The number of nitrogens with zero attached hydrogens (tertiary/aromatic N) is 1. The molecule has 12 amide bonds. The smallest absolute Gasteiger partial charge is 0.248 e. The standard InChI is InChI=1S/C59H92N16O16/c1-8-31(6)44-57(90)74-45(32(7)77)56(89)66-27-43(79)67-37(48(81)49(61)82)25-42(78)68-41(28-76)51(84)65-26-40(72-54(87)39(24-34-18-13-10-14-19-34)70-50(83)35(60)23-33-16-11-9-12-17-33)55(88)75-46(47(80)30(4)5)58(91)71-38(22-29(2)3)53(86)69-36(52(85)73-44)20-15-21-64-59(62)63/h9-14,16-19,29-32,35-41,44-48,76-77,80-81H,8,15,20-28,60H2,1-7H3,(H2,61,82)(H,65,84)(H,66,89)(H,67,79)(H,68,78)(H,69,86)(H,70,83)(H,71,91)(H,72,87)(H,73,85)(H,74,90)(H,75,88)(H4,62,63,64)/t31-,32-,35+,36+,37+,38-,39-,40-,41?,44-,45?,46-,47?,48-/m0/s1. The zero-order valence-corrected chi connectivity index (χ0v) is 52.2. The van der Waals surface area contributed by atoms with Crippen LogP contribution in [0, 0.1) is 17.8 Å². The highest BCUT2D eigenvalue weighted by Crippen LogP contribution is 2.15. The van der Waals surface area contributed by atoms with Crippen molar-refractivity contribution in [2.75, 3.05) is 26.2 Å².